The minimum absolute atomic E-state index is 0.926. The summed E-state index contributed by atoms with van der Waals surface area (Å²) in [6.45, 7) is 3.89. The zero-order valence-corrected chi connectivity index (χ0v) is 7.40. The number of rotatable bonds is 4. The zero-order chi connectivity index (χ0) is 7.94. The number of nitrogens with zero attached hydrogens (tertiary/aromatic N) is 1. The van der Waals surface area contributed by atoms with Crippen LogP contribution in [0.5, 0.6) is 0 Å². The van der Waals surface area contributed by atoms with Crippen LogP contribution >= 0.6 is 11.3 Å². The lowest BCUT2D eigenvalue weighted by Gasteiger charge is -1.95. The third kappa shape index (κ3) is 3.30. The van der Waals surface area contributed by atoms with E-state index in [4.69, 9.17) is 0 Å². The van der Waals surface area contributed by atoms with E-state index in [2.05, 4.69) is 16.4 Å². The van der Waals surface area contributed by atoms with Crippen LogP contribution in [-0.4, -0.2) is 11.5 Å². The van der Waals surface area contributed by atoms with Crippen molar-refractivity contribution in [3.05, 3.63) is 28.7 Å². The highest BCUT2D eigenvalue weighted by molar-refractivity contribution is 7.09. The smallest absolute Gasteiger partial charge is 0.0794 e. The minimum Gasteiger partial charge on any atom is -0.308 e. The monoisotopic (exact) mass is 168 g/mol. The molecule has 0 aliphatic carbocycles. The maximum atomic E-state index is 3.98. The van der Waals surface area contributed by atoms with Crippen molar-refractivity contribution in [2.75, 3.05) is 6.54 Å². The summed E-state index contributed by atoms with van der Waals surface area (Å²) in [6, 6.07) is 0. The van der Waals surface area contributed by atoms with E-state index >= 15 is 0 Å². The Hall–Kier alpha value is -0.670. The van der Waals surface area contributed by atoms with Crippen molar-refractivity contribution in [2.45, 2.75) is 13.5 Å². The highest BCUT2D eigenvalue weighted by atomic mass is 32.1. The van der Waals surface area contributed by atoms with Crippen LogP contribution in [0.2, 0.25) is 0 Å². The predicted octanol–water partition coefficient (Wildman–Crippen LogP) is 1.81. The maximum Gasteiger partial charge on any atom is 0.0794 e. The first-order valence-electron chi connectivity index (χ1n) is 3.62. The quantitative estimate of drug-likeness (QED) is 0.548. The fourth-order valence-corrected chi connectivity index (χ4v) is 1.29. The number of hydrogen-bond donors (Lipinski definition) is 1. The van der Waals surface area contributed by atoms with Gasteiger partial charge in [-0.05, 0) is 6.92 Å². The van der Waals surface area contributed by atoms with Gasteiger partial charge in [0, 0.05) is 24.2 Å². The molecule has 0 aliphatic heterocycles. The van der Waals surface area contributed by atoms with Crippen molar-refractivity contribution in [3.63, 3.8) is 0 Å². The van der Waals surface area contributed by atoms with E-state index in [1.165, 1.54) is 4.88 Å². The molecular formula is C8H12N2S. The second-order valence-electron chi connectivity index (χ2n) is 2.17. The molecule has 1 rings (SSSR count). The Bertz CT molecular complexity index is 204. The molecule has 1 heterocycles. The Morgan fingerprint density at radius 1 is 1.73 bits per heavy atom. The van der Waals surface area contributed by atoms with E-state index in [9.17, 15) is 0 Å². The summed E-state index contributed by atoms with van der Waals surface area (Å²) in [4.78, 5) is 5.27. The largest absolute Gasteiger partial charge is 0.308 e. The molecule has 0 amide bonds. The molecular weight excluding hydrogens is 156 g/mol. The molecule has 0 unspecified atom stereocenters. The fraction of sp³-hybridized carbons (Fsp3) is 0.375. The van der Waals surface area contributed by atoms with E-state index in [1.807, 2.05) is 24.7 Å². The van der Waals surface area contributed by atoms with E-state index in [-0.39, 0.29) is 0 Å². The van der Waals surface area contributed by atoms with E-state index in [0.717, 1.165) is 13.1 Å². The molecule has 0 saturated heterocycles. The molecule has 11 heavy (non-hydrogen) atoms. The molecule has 0 fully saturated rings. The van der Waals surface area contributed by atoms with Crippen molar-refractivity contribution in [1.82, 2.24) is 10.3 Å². The van der Waals surface area contributed by atoms with Gasteiger partial charge in [-0.2, -0.15) is 0 Å². The van der Waals surface area contributed by atoms with Gasteiger partial charge < -0.3 is 5.32 Å². The number of allylic oxidation sites excluding steroid dienone is 1. The number of thiazole rings is 1. The van der Waals surface area contributed by atoms with Crippen molar-refractivity contribution in [2.24, 2.45) is 0 Å². The summed E-state index contributed by atoms with van der Waals surface area (Å²) >= 11 is 1.68. The van der Waals surface area contributed by atoms with Crippen molar-refractivity contribution in [1.29, 1.82) is 0 Å². The third-order valence-electron chi connectivity index (χ3n) is 1.28. The van der Waals surface area contributed by atoms with Crippen LogP contribution in [0, 0.1) is 0 Å². The Balaban J connectivity index is 2.14. The van der Waals surface area contributed by atoms with Gasteiger partial charge >= 0.3 is 0 Å². The molecule has 60 valence electrons. The highest BCUT2D eigenvalue weighted by Gasteiger charge is 1.90. The van der Waals surface area contributed by atoms with E-state index in [0.29, 0.717) is 0 Å². The van der Waals surface area contributed by atoms with Crippen LogP contribution in [-0.2, 0) is 6.54 Å². The summed E-state index contributed by atoms with van der Waals surface area (Å²) in [5.74, 6) is 0. The zero-order valence-electron chi connectivity index (χ0n) is 6.58. The summed E-state index contributed by atoms with van der Waals surface area (Å²) in [5.41, 5.74) is 1.85. The van der Waals surface area contributed by atoms with Gasteiger partial charge in [0.25, 0.3) is 0 Å². The van der Waals surface area contributed by atoms with Gasteiger partial charge in [0.2, 0.25) is 0 Å². The van der Waals surface area contributed by atoms with Crippen LogP contribution in [0.3, 0.4) is 0 Å². The van der Waals surface area contributed by atoms with Crippen LogP contribution in [0.1, 0.15) is 11.8 Å². The predicted molar refractivity (Wildman–Crippen MR) is 48.6 cm³/mol. The summed E-state index contributed by atoms with van der Waals surface area (Å²) in [7, 11) is 0. The first-order chi connectivity index (χ1) is 5.43. The molecule has 1 aromatic heterocycles. The minimum atomic E-state index is 0.926. The molecule has 0 atom stereocenters. The SMILES string of the molecule is C/C=C/CNCc1cncs1. The standard InChI is InChI=1S/C8H12N2S/c1-2-3-4-9-5-8-6-10-7-11-8/h2-3,6-7,9H,4-5H2,1H3/b3-2+. The third-order valence-corrected chi connectivity index (χ3v) is 2.06. The Labute approximate surface area is 71.0 Å². The molecule has 0 saturated carbocycles. The van der Waals surface area contributed by atoms with Gasteiger partial charge in [0.15, 0.2) is 0 Å². The first-order valence-corrected chi connectivity index (χ1v) is 4.50. The highest BCUT2D eigenvalue weighted by Crippen LogP contribution is 2.03. The van der Waals surface area contributed by atoms with Crippen LogP contribution in [0.25, 0.3) is 0 Å². The molecule has 0 radical (unpaired) electrons. The summed E-state index contributed by atoms with van der Waals surface area (Å²) in [6.07, 6.45) is 6.04. The lowest BCUT2D eigenvalue weighted by molar-refractivity contribution is 0.768. The maximum absolute atomic E-state index is 3.98. The number of hydrogen-bond acceptors (Lipinski definition) is 3. The molecule has 0 aliphatic rings. The normalized spacial score (nSPS) is 11.0. The number of aromatic nitrogens is 1. The van der Waals surface area contributed by atoms with Crippen LogP contribution in [0.4, 0.5) is 0 Å². The molecule has 1 N–H and O–H groups in total. The Morgan fingerprint density at radius 3 is 3.27 bits per heavy atom. The van der Waals surface area contributed by atoms with Gasteiger partial charge in [-0.3, -0.25) is 4.98 Å². The molecule has 3 heteroatoms. The van der Waals surface area contributed by atoms with E-state index in [1.54, 1.807) is 11.3 Å². The summed E-state index contributed by atoms with van der Waals surface area (Å²) in [5, 5.41) is 3.27. The molecule has 2 nitrogen and oxygen atoms in total. The molecule has 0 bridgehead atoms. The lowest BCUT2D eigenvalue weighted by atomic mass is 10.5. The number of nitrogens with one attached hydrogen (secondary N) is 1. The van der Waals surface area contributed by atoms with Crippen molar-refractivity contribution >= 4 is 11.3 Å². The molecule has 0 aromatic carbocycles. The Morgan fingerprint density at radius 2 is 2.64 bits per heavy atom. The van der Waals surface area contributed by atoms with Gasteiger partial charge in [-0.1, -0.05) is 12.2 Å². The van der Waals surface area contributed by atoms with Crippen molar-refractivity contribution in [3.8, 4) is 0 Å². The van der Waals surface area contributed by atoms with Gasteiger partial charge in [0.1, 0.15) is 0 Å². The van der Waals surface area contributed by atoms with Gasteiger partial charge in [-0.15, -0.1) is 11.3 Å². The van der Waals surface area contributed by atoms with Crippen LogP contribution in [0.15, 0.2) is 23.9 Å². The van der Waals surface area contributed by atoms with Crippen LogP contribution < -0.4 is 5.32 Å². The second-order valence-corrected chi connectivity index (χ2v) is 3.14. The molecule has 0 spiro atoms. The van der Waals surface area contributed by atoms with Crippen molar-refractivity contribution < 1.29 is 0 Å². The van der Waals surface area contributed by atoms with Gasteiger partial charge in [-0.25, -0.2) is 0 Å². The fourth-order valence-electron chi connectivity index (χ4n) is 0.726. The molecule has 1 aromatic rings. The topological polar surface area (TPSA) is 24.9 Å². The lowest BCUT2D eigenvalue weighted by Crippen LogP contribution is -2.11. The first kappa shape index (κ1) is 8.43. The van der Waals surface area contributed by atoms with Gasteiger partial charge in [0.05, 0.1) is 5.51 Å². The second kappa shape index (κ2) is 5.04. The Kier molecular flexibility index (Phi) is 3.86. The summed E-state index contributed by atoms with van der Waals surface area (Å²) < 4.78 is 0. The average molecular weight is 168 g/mol. The van der Waals surface area contributed by atoms with E-state index < -0.39 is 0 Å². The average Bonchev–Trinajstić information content (AvgIpc) is 2.50.